The number of nitro groups is 2. The first-order chi connectivity index (χ1) is 20.2. The summed E-state index contributed by atoms with van der Waals surface area (Å²) in [5, 5.41) is 22.2. The van der Waals surface area contributed by atoms with Gasteiger partial charge in [0.2, 0.25) is 0 Å². The zero-order valence-electron chi connectivity index (χ0n) is 25.1. The van der Waals surface area contributed by atoms with Crippen LogP contribution in [0.1, 0.15) is 86.5 Å². The topological polar surface area (TPSA) is 92.8 Å². The average Bonchev–Trinajstić information content (AvgIpc) is 3.00. The van der Waals surface area contributed by atoms with Gasteiger partial charge in [-0.15, -0.1) is 0 Å². The van der Waals surface area contributed by atoms with Gasteiger partial charge in [-0.05, 0) is 113 Å². The molecule has 6 aliphatic rings. The Balaban J connectivity index is 0.000000137. The number of non-ortho nitro benzene ring substituents is 2. The minimum Gasteiger partial charge on any atom is -0.303 e. The van der Waals surface area contributed by atoms with E-state index in [9.17, 15) is 20.2 Å². The van der Waals surface area contributed by atoms with E-state index >= 15 is 0 Å². The van der Waals surface area contributed by atoms with Crippen LogP contribution in [-0.2, 0) is 23.7 Å². The molecule has 2 aromatic rings. The molecule has 2 aliphatic heterocycles. The molecule has 2 saturated carbocycles. The second-order valence-corrected chi connectivity index (χ2v) is 14.2. The highest BCUT2D eigenvalue weighted by molar-refractivity contribution is 5.49. The highest BCUT2D eigenvalue weighted by atomic mass is 16.6. The van der Waals surface area contributed by atoms with Gasteiger partial charge >= 0.3 is 0 Å². The molecule has 0 aromatic heterocycles. The quantitative estimate of drug-likeness (QED) is 0.299. The van der Waals surface area contributed by atoms with Gasteiger partial charge < -0.3 is 9.80 Å². The summed E-state index contributed by atoms with van der Waals surface area (Å²) >= 11 is 0. The van der Waals surface area contributed by atoms with Crippen molar-refractivity contribution in [2.45, 2.75) is 100.0 Å². The highest BCUT2D eigenvalue weighted by Crippen LogP contribution is 2.57. The van der Waals surface area contributed by atoms with Gasteiger partial charge in [0.05, 0.1) is 9.85 Å². The van der Waals surface area contributed by atoms with E-state index in [1.54, 1.807) is 12.1 Å². The number of nitrogens with zero attached hydrogens (tertiary/aromatic N) is 4. The molecule has 2 heterocycles. The summed E-state index contributed by atoms with van der Waals surface area (Å²) in [6.07, 6.45) is 14.8. The zero-order valence-corrected chi connectivity index (χ0v) is 25.1. The van der Waals surface area contributed by atoms with Crippen molar-refractivity contribution < 1.29 is 9.85 Å². The largest absolute Gasteiger partial charge is 0.303 e. The summed E-state index contributed by atoms with van der Waals surface area (Å²) < 4.78 is 0. The van der Waals surface area contributed by atoms with Crippen LogP contribution in [0.4, 0.5) is 11.4 Å². The molecule has 8 nitrogen and oxygen atoms in total. The normalized spacial score (nSPS) is 34.9. The second kappa shape index (κ2) is 10.4. The first kappa shape index (κ1) is 28.0. The van der Waals surface area contributed by atoms with Gasteiger partial charge in [0, 0.05) is 47.2 Å². The van der Waals surface area contributed by atoms with Crippen LogP contribution < -0.4 is 0 Å². The standard InChI is InChI=1S/2C17H22N2O2/c1-18-9-8-17-7-3-2-4-15(17)16(18)11-12-10-13(19(20)21)5-6-14(12)17;1-18-9-8-17-7-3-2-4-14(17)16(18)10-12-5-6-13(19(20)21)11-15(12)17/h5-6,10,15-16H,2-4,7-9,11H2,1H3;5-6,11,14,16H,2-4,7-10H2,1H3/t15-,16+,17-;14-,16+,17+/m00/s1. The van der Waals surface area contributed by atoms with Gasteiger partial charge in [0.1, 0.15) is 0 Å². The van der Waals surface area contributed by atoms with Crippen molar-refractivity contribution in [3.05, 3.63) is 78.9 Å². The fourth-order valence-corrected chi connectivity index (χ4v) is 10.6. The molecule has 0 unspecified atom stereocenters. The fourth-order valence-electron chi connectivity index (χ4n) is 10.6. The van der Waals surface area contributed by atoms with Gasteiger partial charge in [-0.3, -0.25) is 20.2 Å². The van der Waals surface area contributed by atoms with E-state index in [4.69, 9.17) is 0 Å². The number of hydrogen-bond acceptors (Lipinski definition) is 6. The van der Waals surface area contributed by atoms with Crippen molar-refractivity contribution in [2.75, 3.05) is 27.2 Å². The zero-order chi connectivity index (χ0) is 29.2. The van der Waals surface area contributed by atoms with Crippen molar-refractivity contribution in [1.29, 1.82) is 0 Å². The molecule has 4 fully saturated rings. The molecule has 224 valence electrons. The van der Waals surface area contributed by atoms with Crippen LogP contribution in [0.3, 0.4) is 0 Å². The van der Waals surface area contributed by atoms with E-state index in [0.717, 1.165) is 31.8 Å². The van der Waals surface area contributed by atoms with Gasteiger partial charge in [-0.2, -0.15) is 0 Å². The van der Waals surface area contributed by atoms with E-state index < -0.39 is 0 Å². The third-order valence-electron chi connectivity index (χ3n) is 12.6. The summed E-state index contributed by atoms with van der Waals surface area (Å²) in [6.45, 7) is 2.29. The maximum Gasteiger partial charge on any atom is 0.269 e. The Morgan fingerprint density at radius 2 is 1.19 bits per heavy atom. The fraction of sp³-hybridized carbons (Fsp3) is 0.647. The third kappa shape index (κ3) is 4.23. The first-order valence-corrected chi connectivity index (χ1v) is 16.2. The number of hydrogen-bond donors (Lipinski definition) is 0. The Bertz CT molecular complexity index is 1410. The lowest BCUT2D eigenvalue weighted by Crippen LogP contribution is -2.59. The molecule has 2 saturated heterocycles. The SMILES string of the molecule is CN1CC[C@]23CCCC[C@H]2[C@H]1Cc1cc([N+](=O)[O-])ccc13.CN1CC[C@]23CCCC[C@H]2[C@H]1Cc1ccc([N+](=O)[O-])cc13. The summed E-state index contributed by atoms with van der Waals surface area (Å²) in [5.41, 5.74) is 6.37. The average molecular weight is 573 g/mol. The van der Waals surface area contributed by atoms with Crippen LogP contribution in [0.5, 0.6) is 0 Å². The third-order valence-corrected chi connectivity index (χ3v) is 12.6. The van der Waals surface area contributed by atoms with Crippen LogP contribution in [0.15, 0.2) is 36.4 Å². The molecular weight excluding hydrogens is 528 g/mol. The summed E-state index contributed by atoms with van der Waals surface area (Å²) in [7, 11) is 4.48. The highest BCUT2D eigenvalue weighted by Gasteiger charge is 2.54. The Hall–Kier alpha value is -2.84. The van der Waals surface area contributed by atoms with Crippen molar-refractivity contribution in [3.63, 3.8) is 0 Å². The molecule has 4 aliphatic carbocycles. The monoisotopic (exact) mass is 572 g/mol. The number of likely N-dealkylation sites (N-methyl/N-ethyl adjacent to an activating group) is 2. The smallest absolute Gasteiger partial charge is 0.269 e. The molecule has 0 amide bonds. The van der Waals surface area contributed by atoms with Gasteiger partial charge in [0.15, 0.2) is 0 Å². The molecule has 0 radical (unpaired) electrons. The Labute approximate surface area is 248 Å². The van der Waals surface area contributed by atoms with Gasteiger partial charge in [0.25, 0.3) is 11.4 Å². The first-order valence-electron chi connectivity index (χ1n) is 16.2. The maximum absolute atomic E-state index is 11.2. The van der Waals surface area contributed by atoms with Crippen LogP contribution >= 0.6 is 0 Å². The van der Waals surface area contributed by atoms with E-state index in [0.29, 0.717) is 23.4 Å². The summed E-state index contributed by atoms with van der Waals surface area (Å²) in [4.78, 5) is 26.8. The van der Waals surface area contributed by atoms with E-state index in [2.05, 4.69) is 30.0 Å². The Kier molecular flexibility index (Phi) is 6.93. The minimum atomic E-state index is -0.260. The van der Waals surface area contributed by atoms with E-state index in [1.807, 2.05) is 18.2 Å². The predicted molar refractivity (Wildman–Crippen MR) is 163 cm³/mol. The van der Waals surface area contributed by atoms with Crippen LogP contribution in [0.25, 0.3) is 0 Å². The van der Waals surface area contributed by atoms with Gasteiger partial charge in [-0.25, -0.2) is 0 Å². The molecule has 6 atom stereocenters. The summed E-state index contributed by atoms with van der Waals surface area (Å²) in [6, 6.07) is 12.5. The van der Waals surface area contributed by atoms with Gasteiger partial charge in [-0.1, -0.05) is 37.8 Å². The molecule has 4 bridgehead atoms. The molecule has 0 spiro atoms. The number of rotatable bonds is 2. The van der Waals surface area contributed by atoms with E-state index in [1.165, 1.54) is 86.5 Å². The number of piperidine rings is 2. The van der Waals surface area contributed by atoms with Crippen molar-refractivity contribution in [2.24, 2.45) is 11.8 Å². The number of benzene rings is 2. The minimum absolute atomic E-state index is 0.217. The Morgan fingerprint density at radius 1 is 0.667 bits per heavy atom. The predicted octanol–water partition coefficient (Wildman–Crippen LogP) is 6.57. The second-order valence-electron chi connectivity index (χ2n) is 14.2. The molecule has 0 N–H and O–H groups in total. The summed E-state index contributed by atoms with van der Waals surface area (Å²) in [5.74, 6) is 1.44. The number of fused-ring (bicyclic) bond motifs is 2. The van der Waals surface area contributed by atoms with E-state index in [-0.39, 0.29) is 26.6 Å². The number of likely N-dealkylation sites (tertiary alicyclic amines) is 2. The molecule has 8 rings (SSSR count). The number of nitro benzene ring substituents is 2. The molecule has 42 heavy (non-hydrogen) atoms. The van der Waals surface area contributed by atoms with Crippen LogP contribution in [0.2, 0.25) is 0 Å². The molecule has 2 aromatic carbocycles. The maximum atomic E-state index is 11.2. The molecule has 8 heteroatoms. The lowest BCUT2D eigenvalue weighted by molar-refractivity contribution is -0.385. The van der Waals surface area contributed by atoms with Crippen molar-refractivity contribution in [3.8, 4) is 0 Å². The lowest BCUT2D eigenvalue weighted by atomic mass is 9.52. The van der Waals surface area contributed by atoms with Crippen LogP contribution in [-0.4, -0.2) is 58.9 Å². The Morgan fingerprint density at radius 3 is 1.79 bits per heavy atom. The molecular formula is C34H44N4O4. The van der Waals surface area contributed by atoms with Crippen LogP contribution in [0, 0.1) is 32.1 Å². The van der Waals surface area contributed by atoms with Crippen molar-refractivity contribution in [1.82, 2.24) is 9.80 Å². The van der Waals surface area contributed by atoms with Crippen molar-refractivity contribution >= 4 is 11.4 Å². The lowest BCUT2D eigenvalue weighted by Gasteiger charge is -2.58.